The Kier molecular flexibility index (Phi) is 5.88. The lowest BCUT2D eigenvalue weighted by molar-refractivity contribution is -0.123. The zero-order valence-electron chi connectivity index (χ0n) is 17.9. The number of furan rings is 1. The quantitative estimate of drug-likeness (QED) is 0.399. The Morgan fingerprint density at radius 2 is 1.85 bits per heavy atom. The van der Waals surface area contributed by atoms with Crippen molar-refractivity contribution in [3.8, 4) is 0 Å². The number of anilines is 2. The largest absolute Gasteiger partial charge is 0.449 e. The van der Waals surface area contributed by atoms with Crippen LogP contribution in [0.5, 0.6) is 0 Å². The van der Waals surface area contributed by atoms with Gasteiger partial charge in [0.05, 0.1) is 5.02 Å². The average Bonchev–Trinajstić information content (AvgIpc) is 3.52. The minimum Gasteiger partial charge on any atom is -0.449 e. The molecule has 3 aromatic heterocycles. The van der Waals surface area contributed by atoms with Crippen LogP contribution in [0.1, 0.15) is 42.7 Å². The number of benzene rings is 1. The second kappa shape index (κ2) is 9.11. The van der Waals surface area contributed by atoms with Crippen LogP contribution in [0.4, 0.5) is 11.5 Å². The fourth-order valence-corrected chi connectivity index (χ4v) is 4.40. The zero-order valence-corrected chi connectivity index (χ0v) is 18.7. The van der Waals surface area contributed by atoms with Gasteiger partial charge in [0.25, 0.3) is 5.91 Å². The van der Waals surface area contributed by atoms with Gasteiger partial charge in [-0.2, -0.15) is 0 Å². The third-order valence-electron chi connectivity index (χ3n) is 5.93. The third-order valence-corrected chi connectivity index (χ3v) is 6.15. The standard InChI is InChI=1S/C25H23ClN4O3/c26-19-11-12-22(27-16-19)28-24(31)21-15-18-9-6-10-20(23(18)33-21)30(29-13-4-5-14-29)25(32)17-7-2-1-3-8-17/h4-6,9-17H,1-3,7-8H2,(H,27,28,31). The Morgan fingerprint density at radius 3 is 2.58 bits per heavy atom. The van der Waals surface area contributed by atoms with Crippen LogP contribution >= 0.6 is 11.6 Å². The monoisotopic (exact) mass is 462 g/mol. The van der Waals surface area contributed by atoms with Crippen LogP contribution in [-0.4, -0.2) is 21.5 Å². The zero-order chi connectivity index (χ0) is 22.8. The molecular weight excluding hydrogens is 440 g/mol. The summed E-state index contributed by atoms with van der Waals surface area (Å²) in [6, 6.07) is 14.2. The van der Waals surface area contributed by atoms with E-state index < -0.39 is 5.91 Å². The lowest BCUT2D eigenvalue weighted by Gasteiger charge is -2.30. The molecule has 4 aromatic rings. The van der Waals surface area contributed by atoms with Crippen LogP contribution in [0.25, 0.3) is 11.0 Å². The van der Waals surface area contributed by atoms with E-state index >= 15 is 0 Å². The number of carbonyl (C=O) groups excluding carboxylic acids is 2. The van der Waals surface area contributed by atoms with Gasteiger partial charge in [0.15, 0.2) is 11.3 Å². The topological polar surface area (TPSA) is 80.4 Å². The predicted octanol–water partition coefficient (Wildman–Crippen LogP) is 5.91. The molecule has 8 heteroatoms. The highest BCUT2D eigenvalue weighted by molar-refractivity contribution is 6.30. The second-order valence-electron chi connectivity index (χ2n) is 8.17. The van der Waals surface area contributed by atoms with E-state index in [4.69, 9.17) is 16.0 Å². The van der Waals surface area contributed by atoms with E-state index in [0.717, 1.165) is 31.1 Å². The highest BCUT2D eigenvalue weighted by Gasteiger charge is 2.30. The van der Waals surface area contributed by atoms with Gasteiger partial charge < -0.3 is 9.73 Å². The van der Waals surface area contributed by atoms with Gasteiger partial charge in [0.2, 0.25) is 5.91 Å². The second-order valence-corrected chi connectivity index (χ2v) is 8.61. The first-order valence-electron chi connectivity index (χ1n) is 11.0. The van der Waals surface area contributed by atoms with Gasteiger partial charge in [-0.1, -0.05) is 43.0 Å². The summed E-state index contributed by atoms with van der Waals surface area (Å²) < 4.78 is 7.77. The van der Waals surface area contributed by atoms with Crippen molar-refractivity contribution in [1.29, 1.82) is 0 Å². The molecule has 0 spiro atoms. The Balaban J connectivity index is 1.51. The summed E-state index contributed by atoms with van der Waals surface area (Å²) in [5.74, 6) is 0.0627. The number of para-hydroxylation sites is 1. The number of carbonyl (C=O) groups is 2. The molecule has 5 rings (SSSR count). The number of hydrogen-bond donors (Lipinski definition) is 1. The normalized spacial score (nSPS) is 14.3. The minimum absolute atomic E-state index is 0.0335. The van der Waals surface area contributed by atoms with Crippen molar-refractivity contribution in [3.63, 3.8) is 0 Å². The number of aromatic nitrogens is 2. The molecule has 7 nitrogen and oxygen atoms in total. The molecule has 0 atom stereocenters. The Bertz CT molecular complexity index is 1270. The highest BCUT2D eigenvalue weighted by atomic mass is 35.5. The fraction of sp³-hybridized carbons (Fsp3) is 0.240. The van der Waals surface area contributed by atoms with E-state index in [2.05, 4.69) is 10.3 Å². The van der Waals surface area contributed by atoms with E-state index in [1.165, 1.54) is 12.6 Å². The van der Waals surface area contributed by atoms with Gasteiger partial charge in [0.1, 0.15) is 11.5 Å². The summed E-state index contributed by atoms with van der Waals surface area (Å²) in [6.07, 6.45) is 10.2. The minimum atomic E-state index is -0.432. The maximum atomic E-state index is 13.6. The molecule has 0 bridgehead atoms. The van der Waals surface area contributed by atoms with Crippen molar-refractivity contribution in [2.75, 3.05) is 10.3 Å². The molecule has 0 saturated heterocycles. The molecule has 0 aliphatic heterocycles. The summed E-state index contributed by atoms with van der Waals surface area (Å²) in [4.78, 5) is 30.5. The summed E-state index contributed by atoms with van der Waals surface area (Å²) in [7, 11) is 0. The van der Waals surface area contributed by atoms with E-state index in [9.17, 15) is 9.59 Å². The van der Waals surface area contributed by atoms with Gasteiger partial charge in [-0.25, -0.2) is 9.99 Å². The number of fused-ring (bicyclic) bond motifs is 1. The number of rotatable bonds is 5. The van der Waals surface area contributed by atoms with E-state index in [-0.39, 0.29) is 17.6 Å². The smallest absolute Gasteiger partial charge is 0.292 e. The van der Waals surface area contributed by atoms with Crippen LogP contribution in [0, 0.1) is 5.92 Å². The number of amides is 2. The van der Waals surface area contributed by atoms with Gasteiger partial charge in [0, 0.05) is 29.9 Å². The molecule has 3 heterocycles. The Morgan fingerprint density at radius 1 is 1.06 bits per heavy atom. The number of nitrogens with zero attached hydrogens (tertiary/aromatic N) is 3. The van der Waals surface area contributed by atoms with Crippen LogP contribution in [0.3, 0.4) is 0 Å². The molecule has 1 saturated carbocycles. The Hall–Kier alpha value is -3.58. The van der Waals surface area contributed by atoms with Gasteiger partial charge in [-0.15, -0.1) is 0 Å². The number of halogens is 1. The molecule has 0 radical (unpaired) electrons. The van der Waals surface area contributed by atoms with Crippen LogP contribution < -0.4 is 10.3 Å². The first-order valence-corrected chi connectivity index (χ1v) is 11.4. The highest BCUT2D eigenvalue weighted by Crippen LogP contribution is 2.34. The number of hydrogen-bond acceptors (Lipinski definition) is 4. The van der Waals surface area contributed by atoms with Crippen molar-refractivity contribution in [2.24, 2.45) is 5.92 Å². The summed E-state index contributed by atoms with van der Waals surface area (Å²) in [5.41, 5.74) is 1.08. The van der Waals surface area contributed by atoms with E-state index in [0.29, 0.717) is 22.1 Å². The first kappa shape index (κ1) is 21.3. The maximum Gasteiger partial charge on any atom is 0.292 e. The predicted molar refractivity (Wildman–Crippen MR) is 127 cm³/mol. The van der Waals surface area contributed by atoms with Crippen LogP contribution in [-0.2, 0) is 4.79 Å². The van der Waals surface area contributed by atoms with Gasteiger partial charge >= 0.3 is 0 Å². The average molecular weight is 463 g/mol. The third kappa shape index (κ3) is 4.36. The summed E-state index contributed by atoms with van der Waals surface area (Å²) in [5, 5.41) is 5.58. The van der Waals surface area contributed by atoms with Crippen molar-refractivity contribution in [3.05, 3.63) is 77.9 Å². The van der Waals surface area contributed by atoms with E-state index in [1.54, 1.807) is 27.9 Å². The molecule has 1 aliphatic rings. The van der Waals surface area contributed by atoms with Crippen LogP contribution in [0.2, 0.25) is 5.02 Å². The molecular formula is C25H23ClN4O3. The van der Waals surface area contributed by atoms with Crippen LogP contribution in [0.15, 0.2) is 71.5 Å². The van der Waals surface area contributed by atoms with Crippen molar-refractivity contribution < 1.29 is 14.0 Å². The molecule has 0 unspecified atom stereocenters. The summed E-state index contributed by atoms with van der Waals surface area (Å²) >= 11 is 5.86. The number of nitrogens with one attached hydrogen (secondary N) is 1. The lowest BCUT2D eigenvalue weighted by atomic mass is 9.88. The lowest BCUT2D eigenvalue weighted by Crippen LogP contribution is -2.40. The Labute approximate surface area is 195 Å². The number of pyridine rings is 1. The molecule has 1 aromatic carbocycles. The fourth-order valence-electron chi connectivity index (χ4n) is 4.29. The van der Waals surface area contributed by atoms with Crippen molar-refractivity contribution in [1.82, 2.24) is 9.66 Å². The molecule has 168 valence electrons. The van der Waals surface area contributed by atoms with Gasteiger partial charge in [-0.05, 0) is 49.2 Å². The molecule has 1 fully saturated rings. The molecule has 1 N–H and O–H groups in total. The summed E-state index contributed by atoms with van der Waals surface area (Å²) in [6.45, 7) is 0. The SMILES string of the molecule is O=C(Nc1ccc(Cl)cn1)c1cc2cccc(N(C(=O)C3CCCCC3)n3cccc3)c2o1. The molecule has 33 heavy (non-hydrogen) atoms. The molecule has 2 amide bonds. The van der Waals surface area contributed by atoms with Crippen molar-refractivity contribution >= 4 is 45.9 Å². The van der Waals surface area contributed by atoms with E-state index in [1.807, 2.05) is 42.7 Å². The van der Waals surface area contributed by atoms with Gasteiger partial charge in [-0.3, -0.25) is 14.3 Å². The first-order chi connectivity index (χ1) is 16.1. The maximum absolute atomic E-state index is 13.6. The molecule has 1 aliphatic carbocycles. The van der Waals surface area contributed by atoms with Crippen molar-refractivity contribution in [2.45, 2.75) is 32.1 Å².